The average Bonchev–Trinajstić information content (AvgIpc) is 2.61. The maximum Gasteiger partial charge on any atom is 0.430 e. The number of halogens is 7. The molecule has 0 unspecified atom stereocenters. The molecule has 1 aromatic rings. The minimum atomic E-state index is -5.92. The molecule has 168 valence electrons. The molecule has 0 radical (unpaired) electrons. The van der Waals surface area contributed by atoms with Crippen LogP contribution in [0.15, 0.2) is 24.3 Å². The summed E-state index contributed by atoms with van der Waals surface area (Å²) in [5.41, 5.74) is 0.277. The minimum Gasteiger partial charge on any atom is -1.00 e. The van der Waals surface area contributed by atoms with Gasteiger partial charge in [-0.05, 0) is 32.4 Å². The van der Waals surface area contributed by atoms with E-state index in [9.17, 15) is 31.4 Å². The zero-order chi connectivity index (χ0) is 21.8. The highest BCUT2D eigenvalue weighted by Crippen LogP contribution is 2.50. The van der Waals surface area contributed by atoms with Crippen molar-refractivity contribution in [2.75, 3.05) is 24.5 Å². The summed E-state index contributed by atoms with van der Waals surface area (Å²) >= 11 is 0. The van der Waals surface area contributed by atoms with Crippen LogP contribution in [0.4, 0.5) is 32.0 Å². The smallest absolute Gasteiger partial charge is 0.430 e. The average molecular weight is 450 g/mol. The molecule has 0 heterocycles. The van der Waals surface area contributed by atoms with Crippen LogP contribution in [-0.4, -0.2) is 47.6 Å². The Hall–Kier alpha value is -1.68. The van der Waals surface area contributed by atoms with Crippen molar-refractivity contribution < 1.29 is 48.4 Å². The number of anilines is 1. The van der Waals surface area contributed by atoms with Crippen LogP contribution in [-0.2, 0) is 5.60 Å². The summed E-state index contributed by atoms with van der Waals surface area (Å²) in [5, 5.41) is 9.50. The van der Waals surface area contributed by atoms with E-state index in [1.54, 1.807) is 4.90 Å². The van der Waals surface area contributed by atoms with Crippen LogP contribution >= 0.6 is 0 Å². The lowest BCUT2D eigenvalue weighted by Gasteiger charge is -2.32. The molecular weight excluding hydrogens is 424 g/mol. The largest absolute Gasteiger partial charge is 1.00 e. The molecule has 4 nitrogen and oxygen atoms in total. The Balaban J connectivity index is 0.00000784. The summed E-state index contributed by atoms with van der Waals surface area (Å²) < 4.78 is 80.0. The first-order valence-electron chi connectivity index (χ1n) is 8.96. The molecule has 0 bridgehead atoms. The second-order valence-electron chi connectivity index (χ2n) is 6.29. The van der Waals surface area contributed by atoms with Crippen LogP contribution in [0.1, 0.15) is 39.2 Å². The molecule has 3 N–H and O–H groups in total. The number of guanidine groups is 1. The van der Waals surface area contributed by atoms with Gasteiger partial charge in [-0.25, -0.2) is 4.90 Å². The van der Waals surface area contributed by atoms with Crippen LogP contribution in [0.5, 0.6) is 0 Å². The molecule has 0 spiro atoms. The van der Waals surface area contributed by atoms with Crippen molar-refractivity contribution in [1.82, 2.24) is 0 Å². The lowest BCUT2D eigenvalue weighted by molar-refractivity contribution is -0.522. The fraction of sp³-hybridized carbons (Fsp3) is 0.611. The van der Waals surface area contributed by atoms with Gasteiger partial charge in [0, 0.05) is 5.56 Å². The predicted octanol–water partition coefficient (Wildman–Crippen LogP) is 0.976. The quantitative estimate of drug-likeness (QED) is 0.282. The number of aliphatic hydroxyl groups is 1. The van der Waals surface area contributed by atoms with Gasteiger partial charge < -0.3 is 17.5 Å². The Morgan fingerprint density at radius 1 is 0.966 bits per heavy atom. The lowest BCUT2D eigenvalue weighted by atomic mass is 9.92. The van der Waals surface area contributed by atoms with E-state index in [-0.39, 0.29) is 12.4 Å². The Bertz CT molecular complexity index is 654. The summed E-state index contributed by atoms with van der Waals surface area (Å²) in [6.07, 6.45) is -10.3. The minimum absolute atomic E-state index is 0. The third kappa shape index (κ3) is 5.69. The third-order valence-electron chi connectivity index (χ3n) is 4.52. The van der Waals surface area contributed by atoms with E-state index < -0.39 is 23.5 Å². The van der Waals surface area contributed by atoms with Crippen LogP contribution in [0.2, 0.25) is 0 Å². The monoisotopic (exact) mass is 449 g/mol. The fourth-order valence-corrected chi connectivity index (χ4v) is 2.78. The van der Waals surface area contributed by atoms with Crippen molar-refractivity contribution in [2.45, 2.75) is 51.6 Å². The first kappa shape index (κ1) is 27.3. The van der Waals surface area contributed by atoms with E-state index in [1.165, 1.54) is 0 Å². The Kier molecular flexibility index (Phi) is 9.78. The maximum atomic E-state index is 13.0. The van der Waals surface area contributed by atoms with Crippen molar-refractivity contribution in [2.24, 2.45) is 5.73 Å². The second-order valence-corrected chi connectivity index (χ2v) is 6.29. The second kappa shape index (κ2) is 10.4. The lowest BCUT2D eigenvalue weighted by Crippen LogP contribution is -3.00. The summed E-state index contributed by atoms with van der Waals surface area (Å²) in [7, 11) is 0. The number of rotatable bonds is 7. The van der Waals surface area contributed by atoms with Gasteiger partial charge in [0.15, 0.2) is 0 Å². The topological polar surface area (TPSA) is 52.5 Å². The summed E-state index contributed by atoms with van der Waals surface area (Å²) in [6, 6.07) is 3.46. The number of alkyl halides is 6. The van der Waals surface area contributed by atoms with Gasteiger partial charge in [-0.3, -0.25) is 10.3 Å². The van der Waals surface area contributed by atoms with Crippen molar-refractivity contribution in [1.29, 1.82) is 0 Å². The Morgan fingerprint density at radius 3 is 1.76 bits per heavy atom. The summed E-state index contributed by atoms with van der Waals surface area (Å²) in [5.74, 6) is 0.355. The Morgan fingerprint density at radius 2 is 1.41 bits per heavy atom. The highest BCUT2D eigenvalue weighted by molar-refractivity contribution is 5.91. The molecule has 0 aromatic heterocycles. The van der Waals surface area contributed by atoms with Gasteiger partial charge in [-0.15, -0.1) is 0 Å². The highest BCUT2D eigenvalue weighted by Gasteiger charge is 2.71. The fourth-order valence-electron chi connectivity index (χ4n) is 2.78. The van der Waals surface area contributed by atoms with Gasteiger partial charge in [0.2, 0.25) is 0 Å². The van der Waals surface area contributed by atoms with Crippen molar-refractivity contribution >= 4 is 11.6 Å². The molecule has 0 atom stereocenters. The van der Waals surface area contributed by atoms with E-state index in [1.807, 2.05) is 25.3 Å². The summed E-state index contributed by atoms with van der Waals surface area (Å²) in [6.45, 7) is 7.33. The van der Waals surface area contributed by atoms with E-state index in [4.69, 9.17) is 5.73 Å². The zero-order valence-corrected chi connectivity index (χ0v) is 17.2. The number of hydrogen-bond donors (Lipinski definition) is 2. The van der Waals surface area contributed by atoms with Crippen LogP contribution in [0, 0.1) is 0 Å². The molecule has 11 heteroatoms. The van der Waals surface area contributed by atoms with Crippen molar-refractivity contribution in [3.63, 3.8) is 0 Å². The molecule has 1 rings (SSSR count). The molecule has 29 heavy (non-hydrogen) atoms. The van der Waals surface area contributed by atoms with E-state index in [2.05, 4.69) is 0 Å². The highest BCUT2D eigenvalue weighted by atomic mass is 35.5. The maximum absolute atomic E-state index is 13.0. The van der Waals surface area contributed by atoms with Gasteiger partial charge in [0.05, 0.1) is 19.6 Å². The molecule has 0 saturated carbocycles. The van der Waals surface area contributed by atoms with Crippen LogP contribution in [0.3, 0.4) is 0 Å². The van der Waals surface area contributed by atoms with Crippen LogP contribution in [0.25, 0.3) is 0 Å². The zero-order valence-electron chi connectivity index (χ0n) is 16.4. The van der Waals surface area contributed by atoms with Crippen molar-refractivity contribution in [3.05, 3.63) is 29.8 Å². The molecular formula is C18H26ClF6N3O. The van der Waals surface area contributed by atoms with Gasteiger partial charge in [0.1, 0.15) is 5.69 Å². The molecule has 0 aliphatic rings. The number of unbranched alkanes of at least 4 members (excludes halogenated alkanes) is 1. The predicted molar refractivity (Wildman–Crippen MR) is 95.2 cm³/mol. The molecule has 0 saturated heterocycles. The first-order valence-corrected chi connectivity index (χ1v) is 8.96. The standard InChI is InChI=1S/C18H25F6N3O.ClH/c1-4-7-12-27(15(25)26(5-2)6-3)14-10-8-13(9-11-14)16(28,17(19,20)21)18(22,23)24;/h8-11,25,28H,4-7,12H2,1-3H3;1H. The SMILES string of the molecule is CCCCN(C(N)=[N+](CC)CC)c1ccc(C(O)(C(F)(F)F)C(F)(F)F)cc1.[Cl-]. The van der Waals surface area contributed by atoms with Crippen LogP contribution < -0.4 is 23.0 Å². The summed E-state index contributed by atoms with van der Waals surface area (Å²) in [4.78, 5) is 1.64. The number of nitrogens with zero attached hydrogens (tertiary/aromatic N) is 2. The van der Waals surface area contributed by atoms with Gasteiger partial charge >= 0.3 is 18.3 Å². The van der Waals surface area contributed by atoms with Crippen molar-refractivity contribution in [3.8, 4) is 0 Å². The van der Waals surface area contributed by atoms with E-state index in [0.717, 1.165) is 25.0 Å². The van der Waals surface area contributed by atoms with E-state index in [0.29, 0.717) is 43.4 Å². The number of nitrogens with two attached hydrogens (primary N) is 1. The Labute approximate surface area is 172 Å². The number of hydrogen-bond acceptors (Lipinski definition) is 1. The van der Waals surface area contributed by atoms with Gasteiger partial charge in [-0.1, -0.05) is 25.5 Å². The molecule has 0 aliphatic carbocycles. The van der Waals surface area contributed by atoms with Gasteiger partial charge in [-0.2, -0.15) is 26.3 Å². The molecule has 1 aromatic carbocycles. The third-order valence-corrected chi connectivity index (χ3v) is 4.52. The number of benzene rings is 1. The molecule has 0 fully saturated rings. The normalized spacial score (nSPS) is 12.3. The van der Waals surface area contributed by atoms with E-state index >= 15 is 0 Å². The van der Waals surface area contributed by atoms with Gasteiger partial charge in [0.25, 0.3) is 5.60 Å². The molecule has 0 amide bonds. The first-order chi connectivity index (χ1) is 12.8. The molecule has 0 aliphatic heterocycles.